The minimum Gasteiger partial charge on any atom is -0.453 e. The third-order valence-corrected chi connectivity index (χ3v) is 9.54. The van der Waals surface area contributed by atoms with Crippen LogP contribution in [0.3, 0.4) is 0 Å². The van der Waals surface area contributed by atoms with Gasteiger partial charge in [-0.15, -0.1) is 0 Å². The molecule has 0 radical (unpaired) electrons. The predicted molar refractivity (Wildman–Crippen MR) is 189 cm³/mol. The lowest BCUT2D eigenvalue weighted by atomic mass is 10.0. The largest absolute Gasteiger partial charge is 0.453 e. The summed E-state index contributed by atoms with van der Waals surface area (Å²) in [6, 6.07) is 14.9. The first-order valence-corrected chi connectivity index (χ1v) is 17.2. The fourth-order valence-electron chi connectivity index (χ4n) is 6.73. The Labute approximate surface area is 296 Å². The summed E-state index contributed by atoms with van der Waals surface area (Å²) in [4.78, 5) is 69.3. The van der Waals surface area contributed by atoms with Gasteiger partial charge in [-0.1, -0.05) is 62.4 Å². The van der Waals surface area contributed by atoms with Gasteiger partial charge in [-0.05, 0) is 53.9 Å². The summed E-state index contributed by atoms with van der Waals surface area (Å²) in [5, 5.41) is 5.30. The molecule has 268 valence electrons. The highest BCUT2D eigenvalue weighted by atomic mass is 16.5. The van der Waals surface area contributed by atoms with Gasteiger partial charge < -0.3 is 39.9 Å². The van der Waals surface area contributed by atoms with Crippen molar-refractivity contribution in [1.29, 1.82) is 0 Å². The monoisotopic (exact) mass is 696 g/mol. The van der Waals surface area contributed by atoms with Gasteiger partial charge in [-0.2, -0.15) is 0 Å². The van der Waals surface area contributed by atoms with Gasteiger partial charge in [-0.3, -0.25) is 9.59 Å². The molecule has 2 aliphatic rings. The first-order valence-electron chi connectivity index (χ1n) is 17.2. The summed E-state index contributed by atoms with van der Waals surface area (Å²) in [6.07, 6.45) is 5.31. The number of rotatable bonds is 10. The third-order valence-electron chi connectivity index (χ3n) is 9.54. The van der Waals surface area contributed by atoms with E-state index in [-0.39, 0.29) is 23.8 Å². The number of aromatic nitrogens is 4. The molecule has 2 fully saturated rings. The topological polar surface area (TPSA) is 175 Å². The molecule has 0 saturated carbocycles. The second-order valence-electron chi connectivity index (χ2n) is 13.2. The van der Waals surface area contributed by atoms with E-state index in [2.05, 4.69) is 59.6 Å². The van der Waals surface area contributed by atoms with Crippen LogP contribution in [0.4, 0.5) is 9.59 Å². The fraction of sp³-hybridized carbons (Fsp3) is 0.405. The van der Waals surface area contributed by atoms with E-state index >= 15 is 0 Å². The maximum atomic E-state index is 13.5. The summed E-state index contributed by atoms with van der Waals surface area (Å²) in [7, 11) is 2.57. The summed E-state index contributed by atoms with van der Waals surface area (Å²) >= 11 is 0. The molecular formula is C37H44N8O6. The number of H-pyrrole nitrogens is 2. The van der Waals surface area contributed by atoms with E-state index in [9.17, 15) is 19.2 Å². The zero-order valence-corrected chi connectivity index (χ0v) is 29.3. The van der Waals surface area contributed by atoms with Gasteiger partial charge in [0.05, 0.1) is 50.6 Å². The van der Waals surface area contributed by atoms with E-state index < -0.39 is 24.3 Å². The van der Waals surface area contributed by atoms with Gasteiger partial charge in [0.25, 0.3) is 0 Å². The fourth-order valence-corrected chi connectivity index (χ4v) is 6.73. The molecule has 3 atom stereocenters. The molecule has 4 N–H and O–H groups in total. The van der Waals surface area contributed by atoms with Gasteiger partial charge in [0.1, 0.15) is 23.7 Å². The Balaban J connectivity index is 1.08. The molecule has 2 aliphatic heterocycles. The van der Waals surface area contributed by atoms with Crippen molar-refractivity contribution in [2.45, 2.75) is 64.2 Å². The average Bonchev–Trinajstić information content (AvgIpc) is 3.94. The summed E-state index contributed by atoms with van der Waals surface area (Å²) < 4.78 is 9.39. The Morgan fingerprint density at radius 3 is 2.04 bits per heavy atom. The number of hydrogen-bond donors (Lipinski definition) is 4. The van der Waals surface area contributed by atoms with Crippen molar-refractivity contribution in [1.82, 2.24) is 40.4 Å². The van der Waals surface area contributed by atoms with Crippen LogP contribution in [0.2, 0.25) is 0 Å². The number of hydrogen-bond acceptors (Lipinski definition) is 8. The molecule has 6 rings (SSSR count). The van der Waals surface area contributed by atoms with Crippen molar-refractivity contribution in [3.05, 3.63) is 72.6 Å². The first-order chi connectivity index (χ1) is 24.6. The van der Waals surface area contributed by atoms with Crippen molar-refractivity contribution in [3.8, 4) is 33.6 Å². The number of likely N-dealkylation sites (tertiary alicyclic amines) is 2. The number of ether oxygens (including phenoxy) is 2. The minimum atomic E-state index is -0.685. The number of piperidine rings is 1. The number of nitrogens with one attached hydrogen (secondary N) is 4. The third kappa shape index (κ3) is 7.89. The van der Waals surface area contributed by atoms with Crippen LogP contribution in [0.25, 0.3) is 33.6 Å². The van der Waals surface area contributed by atoms with Crippen molar-refractivity contribution in [2.75, 3.05) is 27.3 Å². The molecule has 4 aromatic rings. The Morgan fingerprint density at radius 1 is 0.824 bits per heavy atom. The molecule has 14 heteroatoms. The van der Waals surface area contributed by atoms with E-state index in [1.54, 1.807) is 22.2 Å². The summed E-state index contributed by atoms with van der Waals surface area (Å²) in [5.74, 6) is 1.00. The number of nitrogens with zero attached hydrogens (tertiary/aromatic N) is 4. The second-order valence-corrected chi connectivity index (χ2v) is 13.2. The molecule has 2 saturated heterocycles. The highest BCUT2D eigenvalue weighted by Crippen LogP contribution is 2.33. The number of imidazole rings is 2. The minimum absolute atomic E-state index is 0.102. The molecule has 14 nitrogen and oxygen atoms in total. The van der Waals surface area contributed by atoms with Crippen molar-refractivity contribution < 1.29 is 28.7 Å². The first kappa shape index (κ1) is 35.2. The molecule has 2 aromatic carbocycles. The van der Waals surface area contributed by atoms with Gasteiger partial charge in [0.2, 0.25) is 11.8 Å². The van der Waals surface area contributed by atoms with Crippen LogP contribution in [0.5, 0.6) is 0 Å². The van der Waals surface area contributed by atoms with Crippen LogP contribution in [-0.2, 0) is 25.6 Å². The van der Waals surface area contributed by atoms with Crippen LogP contribution >= 0.6 is 0 Å². The lowest BCUT2D eigenvalue weighted by molar-refractivity contribution is -0.136. The van der Waals surface area contributed by atoms with E-state index in [0.717, 1.165) is 58.7 Å². The normalized spacial score (nSPS) is 18.1. The molecule has 1 unspecified atom stereocenters. The van der Waals surface area contributed by atoms with E-state index in [1.807, 2.05) is 38.1 Å². The highest BCUT2D eigenvalue weighted by Gasteiger charge is 2.37. The lowest BCUT2D eigenvalue weighted by Gasteiger charge is -2.31. The van der Waals surface area contributed by atoms with Crippen molar-refractivity contribution >= 4 is 24.0 Å². The van der Waals surface area contributed by atoms with Crippen LogP contribution < -0.4 is 10.6 Å². The molecule has 2 aromatic heterocycles. The number of aromatic amines is 2. The summed E-state index contributed by atoms with van der Waals surface area (Å²) in [5.41, 5.74) is 5.75. The quantitative estimate of drug-likeness (QED) is 0.179. The lowest BCUT2D eigenvalue weighted by Crippen LogP contribution is -2.51. The smallest absolute Gasteiger partial charge is 0.407 e. The van der Waals surface area contributed by atoms with Crippen LogP contribution in [0, 0.1) is 5.92 Å². The molecule has 0 bridgehead atoms. The highest BCUT2D eigenvalue weighted by molar-refractivity contribution is 5.87. The van der Waals surface area contributed by atoms with E-state index in [0.29, 0.717) is 31.9 Å². The van der Waals surface area contributed by atoms with Crippen molar-refractivity contribution in [2.24, 2.45) is 5.92 Å². The molecule has 4 heterocycles. The number of carbonyl (C=O) groups is 4. The standard InChI is InChI=1S/C37H44N8O6/c1-22(2)32(43-37(49)51-4)35(47)45-18-6-8-30(45)33-39-20-29(41-33)26-15-11-24(12-16-26)23-9-13-25(14-10-23)28-19-38-31(40-28)21-44-17-5-7-27(34(44)46)42-36(48)50-3/h9-16,19-20,22,27,30,32H,5-8,17-18,21H2,1-4H3,(H,38,40)(H,39,41)(H,42,48)(H,43,49)/t27-,30-,32?/m0/s1. The number of benzene rings is 2. The molecule has 0 aliphatic carbocycles. The molecule has 4 amide bonds. The van der Waals surface area contributed by atoms with E-state index in [4.69, 9.17) is 4.74 Å². The SMILES string of the molecule is COC(=O)NC(C(=O)N1CCC[C@H]1c1ncc(-c2ccc(-c3ccc(-c4cnc(CN5CCC[C@H](NC(=O)OC)C5=O)[nH]4)cc3)cc2)[nH]1)C(C)C. The van der Waals surface area contributed by atoms with Gasteiger partial charge in [0.15, 0.2) is 0 Å². The van der Waals surface area contributed by atoms with Crippen LogP contribution in [0.1, 0.15) is 57.2 Å². The molecular weight excluding hydrogens is 652 g/mol. The number of amides is 4. The number of carbonyl (C=O) groups excluding carboxylic acids is 4. The Bertz CT molecular complexity index is 1850. The second kappa shape index (κ2) is 15.5. The maximum absolute atomic E-state index is 13.5. The Kier molecular flexibility index (Phi) is 10.7. The van der Waals surface area contributed by atoms with Gasteiger partial charge >= 0.3 is 12.2 Å². The Hall–Kier alpha value is -5.66. The number of methoxy groups -OCH3 is 2. The van der Waals surface area contributed by atoms with Gasteiger partial charge in [0, 0.05) is 13.1 Å². The van der Waals surface area contributed by atoms with E-state index in [1.165, 1.54) is 14.2 Å². The molecule has 0 spiro atoms. The van der Waals surface area contributed by atoms with Gasteiger partial charge in [-0.25, -0.2) is 19.6 Å². The predicted octanol–water partition coefficient (Wildman–Crippen LogP) is 5.02. The van der Waals surface area contributed by atoms with Crippen molar-refractivity contribution in [3.63, 3.8) is 0 Å². The maximum Gasteiger partial charge on any atom is 0.407 e. The molecule has 51 heavy (non-hydrogen) atoms. The summed E-state index contributed by atoms with van der Waals surface area (Å²) in [6.45, 7) is 5.31. The number of alkyl carbamates (subject to hydrolysis) is 2. The van der Waals surface area contributed by atoms with Crippen LogP contribution in [0.15, 0.2) is 60.9 Å². The zero-order chi connectivity index (χ0) is 36.1. The van der Waals surface area contributed by atoms with Crippen LogP contribution in [-0.4, -0.2) is 93.1 Å². The Morgan fingerprint density at radius 2 is 1.41 bits per heavy atom. The average molecular weight is 697 g/mol. The zero-order valence-electron chi connectivity index (χ0n) is 29.3.